The lowest BCUT2D eigenvalue weighted by Crippen LogP contribution is -2.46. The first kappa shape index (κ1) is 21.0. The van der Waals surface area contributed by atoms with E-state index in [1.54, 1.807) is 0 Å². The molecule has 1 aromatic carbocycles. The first-order chi connectivity index (χ1) is 11.8. The van der Waals surface area contributed by atoms with E-state index in [1.807, 2.05) is 24.4 Å². The molecule has 1 aromatic rings. The maximum atomic E-state index is 6.09. The average Bonchev–Trinajstić information content (AvgIpc) is 2.63. The van der Waals surface area contributed by atoms with Gasteiger partial charge in [-0.25, -0.2) is 0 Å². The van der Waals surface area contributed by atoms with Crippen molar-refractivity contribution in [2.24, 2.45) is 4.99 Å². The van der Waals surface area contributed by atoms with E-state index < -0.39 is 8.80 Å². The molecule has 0 spiro atoms. The predicted octanol–water partition coefficient (Wildman–Crippen LogP) is 4.71. The summed E-state index contributed by atoms with van der Waals surface area (Å²) in [4.78, 5) is 4.52. The van der Waals surface area contributed by atoms with Crippen LogP contribution in [-0.2, 0) is 13.3 Å². The molecular formula is C19H33NO3Si. The molecule has 0 radical (unpaired) electrons. The Morgan fingerprint density at radius 1 is 0.875 bits per heavy atom. The molecule has 0 fully saturated rings. The molecule has 0 bridgehead atoms. The summed E-state index contributed by atoms with van der Waals surface area (Å²) in [6.45, 7) is 9.21. The molecule has 136 valence electrons. The van der Waals surface area contributed by atoms with Crippen LogP contribution >= 0.6 is 0 Å². The molecule has 0 heterocycles. The van der Waals surface area contributed by atoms with E-state index in [9.17, 15) is 0 Å². The van der Waals surface area contributed by atoms with Gasteiger partial charge in [0, 0.05) is 38.6 Å². The summed E-state index contributed by atoms with van der Waals surface area (Å²) in [5, 5.41) is 0. The fraction of sp³-hybridized carbons (Fsp3) is 0.632. The molecular weight excluding hydrogens is 318 g/mol. The van der Waals surface area contributed by atoms with Gasteiger partial charge in [0.1, 0.15) is 0 Å². The van der Waals surface area contributed by atoms with Crippen molar-refractivity contribution in [2.75, 3.05) is 26.4 Å². The van der Waals surface area contributed by atoms with Gasteiger partial charge in [-0.2, -0.15) is 0 Å². The molecule has 0 saturated heterocycles. The van der Waals surface area contributed by atoms with E-state index in [2.05, 4.69) is 37.9 Å². The standard InChI is InChI=1S/C19H33NO3Si/c1-4-14-21-24(22-15-5-2,23-16-6-3)17-10-13-20-18-19-11-8-7-9-12-19/h7-9,11-12,18H,4-6,10,13-17H2,1-3H3. The van der Waals surface area contributed by atoms with E-state index in [0.717, 1.165) is 43.8 Å². The lowest BCUT2D eigenvalue weighted by Gasteiger charge is -2.29. The van der Waals surface area contributed by atoms with Crippen molar-refractivity contribution >= 4 is 15.0 Å². The monoisotopic (exact) mass is 351 g/mol. The molecule has 0 aromatic heterocycles. The van der Waals surface area contributed by atoms with Crippen LogP contribution in [0.15, 0.2) is 35.3 Å². The van der Waals surface area contributed by atoms with Gasteiger partial charge < -0.3 is 13.3 Å². The normalized spacial score (nSPS) is 12.1. The predicted molar refractivity (Wildman–Crippen MR) is 103 cm³/mol. The summed E-state index contributed by atoms with van der Waals surface area (Å²) in [7, 11) is -2.56. The number of nitrogens with zero attached hydrogens (tertiary/aromatic N) is 1. The molecule has 0 amide bonds. The number of aliphatic imine (C=N–C) groups is 1. The molecule has 5 heteroatoms. The van der Waals surface area contributed by atoms with Gasteiger partial charge in [-0.05, 0) is 31.2 Å². The molecule has 1 rings (SSSR count). The second-order valence-corrected chi connectivity index (χ2v) is 8.51. The maximum absolute atomic E-state index is 6.09. The van der Waals surface area contributed by atoms with Crippen LogP contribution in [0.2, 0.25) is 6.04 Å². The lowest BCUT2D eigenvalue weighted by atomic mass is 10.2. The number of benzene rings is 1. The maximum Gasteiger partial charge on any atom is 0.501 e. The zero-order valence-corrected chi connectivity index (χ0v) is 16.5. The topological polar surface area (TPSA) is 40.0 Å². The SMILES string of the molecule is CCCO[Si](CCCN=Cc1ccccc1)(OCCC)OCCC. The lowest BCUT2D eigenvalue weighted by molar-refractivity contribution is 0.0589. The van der Waals surface area contributed by atoms with Crippen LogP contribution in [-0.4, -0.2) is 41.4 Å². The van der Waals surface area contributed by atoms with Crippen molar-refractivity contribution in [2.45, 2.75) is 52.5 Å². The van der Waals surface area contributed by atoms with Crippen molar-refractivity contribution in [3.63, 3.8) is 0 Å². The van der Waals surface area contributed by atoms with Crippen molar-refractivity contribution < 1.29 is 13.3 Å². The Balaban J connectivity index is 2.53. The minimum Gasteiger partial charge on any atom is -0.373 e. The molecule has 0 aliphatic rings. The highest BCUT2D eigenvalue weighted by atomic mass is 28.4. The van der Waals surface area contributed by atoms with Gasteiger partial charge in [-0.15, -0.1) is 0 Å². The highest BCUT2D eigenvalue weighted by Crippen LogP contribution is 2.19. The summed E-state index contributed by atoms with van der Waals surface area (Å²) in [5.74, 6) is 0. The van der Waals surface area contributed by atoms with Crippen molar-refractivity contribution in [3.8, 4) is 0 Å². The highest BCUT2D eigenvalue weighted by molar-refractivity contribution is 6.60. The van der Waals surface area contributed by atoms with Gasteiger partial charge in [0.2, 0.25) is 0 Å². The van der Waals surface area contributed by atoms with E-state index in [0.29, 0.717) is 19.8 Å². The molecule has 0 unspecified atom stereocenters. The minimum absolute atomic E-state index is 0.701. The fourth-order valence-electron chi connectivity index (χ4n) is 2.21. The molecule has 0 N–H and O–H groups in total. The summed E-state index contributed by atoms with van der Waals surface area (Å²) in [5.41, 5.74) is 1.13. The number of hydrogen-bond donors (Lipinski definition) is 0. The number of rotatable bonds is 14. The summed E-state index contributed by atoms with van der Waals surface area (Å²) in [6.07, 6.45) is 5.78. The third kappa shape index (κ3) is 8.73. The first-order valence-corrected chi connectivity index (χ1v) is 11.2. The summed E-state index contributed by atoms with van der Waals surface area (Å²) >= 11 is 0. The van der Waals surface area contributed by atoms with Gasteiger partial charge in [-0.1, -0.05) is 51.1 Å². The third-order valence-corrected chi connectivity index (χ3v) is 6.29. The Morgan fingerprint density at radius 3 is 1.92 bits per heavy atom. The smallest absolute Gasteiger partial charge is 0.373 e. The Bertz CT molecular complexity index is 418. The van der Waals surface area contributed by atoms with E-state index in [1.165, 1.54) is 0 Å². The van der Waals surface area contributed by atoms with Crippen LogP contribution < -0.4 is 0 Å². The molecule has 0 atom stereocenters. The quantitative estimate of drug-likeness (QED) is 0.277. The fourth-order valence-corrected chi connectivity index (χ4v) is 5.03. The van der Waals surface area contributed by atoms with Crippen LogP contribution in [0.25, 0.3) is 0 Å². The Kier molecular flexibility index (Phi) is 11.7. The van der Waals surface area contributed by atoms with Crippen molar-refractivity contribution in [1.29, 1.82) is 0 Å². The Hall–Kier alpha value is -1.01. The molecule has 0 saturated carbocycles. The molecule has 0 aliphatic carbocycles. The molecule has 4 nitrogen and oxygen atoms in total. The summed E-state index contributed by atoms with van der Waals surface area (Å²) in [6, 6.07) is 11.0. The van der Waals surface area contributed by atoms with Crippen LogP contribution in [0.3, 0.4) is 0 Å². The van der Waals surface area contributed by atoms with Gasteiger partial charge in [-0.3, -0.25) is 4.99 Å². The zero-order valence-electron chi connectivity index (χ0n) is 15.5. The Morgan fingerprint density at radius 2 is 1.42 bits per heavy atom. The van der Waals surface area contributed by atoms with Crippen LogP contribution in [0, 0.1) is 0 Å². The Labute approximate surface area is 148 Å². The second kappa shape index (κ2) is 13.3. The van der Waals surface area contributed by atoms with Crippen LogP contribution in [0.5, 0.6) is 0 Å². The largest absolute Gasteiger partial charge is 0.501 e. The summed E-state index contributed by atoms with van der Waals surface area (Å²) < 4.78 is 18.3. The van der Waals surface area contributed by atoms with Gasteiger partial charge in [0.05, 0.1) is 0 Å². The zero-order chi connectivity index (χ0) is 17.5. The third-order valence-electron chi connectivity index (χ3n) is 3.39. The number of hydrogen-bond acceptors (Lipinski definition) is 4. The van der Waals surface area contributed by atoms with E-state index >= 15 is 0 Å². The van der Waals surface area contributed by atoms with Gasteiger partial charge in [0.25, 0.3) is 0 Å². The van der Waals surface area contributed by atoms with Gasteiger partial charge in [0.15, 0.2) is 0 Å². The van der Waals surface area contributed by atoms with Crippen molar-refractivity contribution in [3.05, 3.63) is 35.9 Å². The highest BCUT2D eigenvalue weighted by Gasteiger charge is 2.40. The molecule has 24 heavy (non-hydrogen) atoms. The van der Waals surface area contributed by atoms with E-state index in [4.69, 9.17) is 13.3 Å². The second-order valence-electron chi connectivity index (χ2n) is 5.78. The first-order valence-electron chi connectivity index (χ1n) is 9.23. The average molecular weight is 352 g/mol. The minimum atomic E-state index is -2.56. The van der Waals surface area contributed by atoms with Crippen LogP contribution in [0.1, 0.15) is 52.0 Å². The molecule has 0 aliphatic heterocycles. The van der Waals surface area contributed by atoms with Crippen LogP contribution in [0.4, 0.5) is 0 Å². The van der Waals surface area contributed by atoms with E-state index in [-0.39, 0.29) is 0 Å². The van der Waals surface area contributed by atoms with Crippen molar-refractivity contribution in [1.82, 2.24) is 0 Å². The van der Waals surface area contributed by atoms with Gasteiger partial charge >= 0.3 is 8.80 Å².